The van der Waals surface area contributed by atoms with Crippen LogP contribution in [0.15, 0.2) is 53.9 Å². The van der Waals surface area contributed by atoms with E-state index in [1.807, 2.05) is 42.7 Å². The van der Waals surface area contributed by atoms with Gasteiger partial charge in [-0.05, 0) is 59.4 Å². The van der Waals surface area contributed by atoms with E-state index in [0.29, 0.717) is 23.9 Å². The van der Waals surface area contributed by atoms with Gasteiger partial charge in [-0.25, -0.2) is 4.79 Å². The molecule has 3 aromatic rings. The van der Waals surface area contributed by atoms with Crippen molar-refractivity contribution < 1.29 is 9.53 Å². The number of hydrogen-bond acceptors (Lipinski definition) is 7. The van der Waals surface area contributed by atoms with Gasteiger partial charge in [0, 0.05) is 37.8 Å². The summed E-state index contributed by atoms with van der Waals surface area (Å²) in [6.45, 7) is 1.74. The van der Waals surface area contributed by atoms with Gasteiger partial charge in [0.05, 0.1) is 11.8 Å². The van der Waals surface area contributed by atoms with E-state index in [0.717, 1.165) is 30.7 Å². The van der Waals surface area contributed by atoms with Crippen LogP contribution in [-0.2, 0) is 11.3 Å². The summed E-state index contributed by atoms with van der Waals surface area (Å²) in [6, 6.07) is 11.1. The molecule has 0 radical (unpaired) electrons. The van der Waals surface area contributed by atoms with Crippen LogP contribution in [-0.4, -0.2) is 61.6 Å². The van der Waals surface area contributed by atoms with Crippen LogP contribution in [0.2, 0.25) is 0 Å². The molecule has 2 amide bonds. The van der Waals surface area contributed by atoms with Gasteiger partial charge in [-0.3, -0.25) is 4.98 Å². The Morgan fingerprint density at radius 1 is 1.37 bits per heavy atom. The van der Waals surface area contributed by atoms with Crippen molar-refractivity contribution in [3.8, 4) is 5.69 Å². The Balaban J connectivity index is 1.50. The lowest BCUT2D eigenvalue weighted by molar-refractivity contribution is 0.0819. The molecular formula is C20H23N7O2S. The fraction of sp³-hybridized carbons (Fsp3) is 0.350. The van der Waals surface area contributed by atoms with Gasteiger partial charge in [0.25, 0.3) is 0 Å². The summed E-state index contributed by atoms with van der Waals surface area (Å²) < 4.78 is 7.39. The first-order valence-corrected chi connectivity index (χ1v) is 10.9. The molecule has 3 heterocycles. The second kappa shape index (κ2) is 9.68. The molecule has 1 aliphatic heterocycles. The van der Waals surface area contributed by atoms with E-state index in [1.54, 1.807) is 22.0 Å². The molecule has 10 heteroatoms. The van der Waals surface area contributed by atoms with Crippen LogP contribution in [0.4, 0.5) is 10.5 Å². The molecule has 4 rings (SSSR count). The number of amides is 2. The minimum atomic E-state index is -0.187. The number of pyridine rings is 1. The maximum absolute atomic E-state index is 13.1. The fourth-order valence-corrected chi connectivity index (χ4v) is 3.78. The summed E-state index contributed by atoms with van der Waals surface area (Å²) in [4.78, 5) is 19.0. The van der Waals surface area contributed by atoms with Crippen molar-refractivity contribution in [3.63, 3.8) is 0 Å². The number of carbonyl (C=O) groups excluding carboxylic acids is 1. The molecule has 9 nitrogen and oxygen atoms in total. The van der Waals surface area contributed by atoms with Crippen molar-refractivity contribution >= 4 is 23.5 Å². The zero-order valence-electron chi connectivity index (χ0n) is 16.6. The van der Waals surface area contributed by atoms with E-state index >= 15 is 0 Å². The minimum Gasteiger partial charge on any atom is -0.376 e. The monoisotopic (exact) mass is 425 g/mol. The molecule has 0 spiro atoms. The molecule has 0 saturated carbocycles. The van der Waals surface area contributed by atoms with Crippen LogP contribution in [0.1, 0.15) is 18.4 Å². The molecule has 2 aromatic heterocycles. The summed E-state index contributed by atoms with van der Waals surface area (Å²) in [6.07, 6.45) is 7.46. The van der Waals surface area contributed by atoms with Crippen LogP contribution in [0.5, 0.6) is 0 Å². The fourth-order valence-electron chi connectivity index (χ4n) is 3.35. The minimum absolute atomic E-state index is 0.0594. The van der Waals surface area contributed by atoms with Crippen molar-refractivity contribution in [2.24, 2.45) is 0 Å². The number of tetrazole rings is 1. The third-order valence-electron chi connectivity index (χ3n) is 4.80. The molecule has 1 fully saturated rings. The number of hydrogen-bond donors (Lipinski definition) is 1. The lowest BCUT2D eigenvalue weighted by atomic mass is 10.2. The van der Waals surface area contributed by atoms with Crippen molar-refractivity contribution in [3.05, 3.63) is 54.4 Å². The zero-order chi connectivity index (χ0) is 20.8. The van der Waals surface area contributed by atoms with Crippen LogP contribution in [0.25, 0.3) is 5.69 Å². The van der Waals surface area contributed by atoms with E-state index in [9.17, 15) is 4.79 Å². The van der Waals surface area contributed by atoms with Gasteiger partial charge in [0.15, 0.2) is 0 Å². The normalized spacial score (nSPS) is 15.8. The molecule has 1 saturated heterocycles. The molecule has 156 valence electrons. The number of ether oxygens (including phenoxy) is 1. The van der Waals surface area contributed by atoms with Gasteiger partial charge in [-0.2, -0.15) is 4.68 Å². The number of nitrogens with one attached hydrogen (secondary N) is 1. The van der Waals surface area contributed by atoms with Gasteiger partial charge >= 0.3 is 6.03 Å². The van der Waals surface area contributed by atoms with Gasteiger partial charge in [-0.15, -0.1) is 5.10 Å². The smallest absolute Gasteiger partial charge is 0.322 e. The first kappa shape index (κ1) is 20.3. The number of urea groups is 1. The number of carbonyl (C=O) groups is 1. The van der Waals surface area contributed by atoms with Crippen LogP contribution < -0.4 is 5.32 Å². The Morgan fingerprint density at radius 3 is 3.07 bits per heavy atom. The molecule has 30 heavy (non-hydrogen) atoms. The van der Waals surface area contributed by atoms with Gasteiger partial charge in [0.1, 0.15) is 0 Å². The predicted molar refractivity (Wildman–Crippen MR) is 114 cm³/mol. The quantitative estimate of drug-likeness (QED) is 0.581. The first-order valence-electron chi connectivity index (χ1n) is 9.72. The molecular weight excluding hydrogens is 402 g/mol. The Morgan fingerprint density at radius 2 is 2.30 bits per heavy atom. The van der Waals surface area contributed by atoms with Gasteiger partial charge < -0.3 is 15.0 Å². The lowest BCUT2D eigenvalue weighted by Crippen LogP contribution is -2.39. The van der Waals surface area contributed by atoms with E-state index in [-0.39, 0.29) is 12.1 Å². The first-order chi connectivity index (χ1) is 14.7. The maximum Gasteiger partial charge on any atom is 0.322 e. The third kappa shape index (κ3) is 4.95. The maximum atomic E-state index is 13.1. The highest BCUT2D eigenvalue weighted by Crippen LogP contribution is 2.20. The number of benzene rings is 1. The SMILES string of the molecule is CSc1nnnn1-c1cccc(NC(=O)N(Cc2cccnc2)C[C@@H]2CCCO2)c1. The number of nitrogens with zero attached hydrogens (tertiary/aromatic N) is 6. The molecule has 0 bridgehead atoms. The highest BCUT2D eigenvalue weighted by Gasteiger charge is 2.23. The largest absolute Gasteiger partial charge is 0.376 e. The van der Waals surface area contributed by atoms with Crippen LogP contribution in [0, 0.1) is 0 Å². The molecule has 1 N–H and O–H groups in total. The predicted octanol–water partition coefficient (Wildman–Crippen LogP) is 2.99. The standard InChI is InChI=1S/C20H23N7O2S/c1-30-20-23-24-25-27(20)17-7-2-6-16(11-17)22-19(28)26(14-18-8-4-10-29-18)13-15-5-3-9-21-12-15/h2-3,5-7,9,11-12,18H,4,8,10,13-14H2,1H3,(H,22,28)/t18-/m0/s1. The van der Waals surface area contributed by atoms with Crippen molar-refractivity contribution in [2.75, 3.05) is 24.7 Å². The Kier molecular flexibility index (Phi) is 6.55. The van der Waals surface area contributed by atoms with Crippen LogP contribution >= 0.6 is 11.8 Å². The number of aromatic nitrogens is 5. The molecule has 1 aliphatic rings. The lowest BCUT2D eigenvalue weighted by Gasteiger charge is -2.26. The van der Waals surface area contributed by atoms with Crippen molar-refractivity contribution in [1.82, 2.24) is 30.1 Å². The number of rotatable bonds is 7. The summed E-state index contributed by atoms with van der Waals surface area (Å²) in [5.41, 5.74) is 2.42. The average molecular weight is 426 g/mol. The number of thioether (sulfide) groups is 1. The van der Waals surface area contributed by atoms with E-state index in [2.05, 4.69) is 25.8 Å². The van der Waals surface area contributed by atoms with Gasteiger partial charge in [-0.1, -0.05) is 23.9 Å². The van der Waals surface area contributed by atoms with E-state index in [4.69, 9.17) is 4.74 Å². The summed E-state index contributed by atoms with van der Waals surface area (Å²) in [5.74, 6) is 0. The second-order valence-corrected chi connectivity index (χ2v) is 7.71. The molecule has 0 aliphatic carbocycles. The Labute approximate surface area is 178 Å². The zero-order valence-corrected chi connectivity index (χ0v) is 17.5. The molecule has 1 aromatic carbocycles. The van der Waals surface area contributed by atoms with Crippen molar-refractivity contribution in [1.29, 1.82) is 0 Å². The molecule has 1 atom stereocenters. The second-order valence-electron chi connectivity index (χ2n) is 6.93. The summed E-state index contributed by atoms with van der Waals surface area (Å²) in [5, 5.41) is 15.4. The van der Waals surface area contributed by atoms with E-state index in [1.165, 1.54) is 11.8 Å². The summed E-state index contributed by atoms with van der Waals surface area (Å²) in [7, 11) is 0. The topological polar surface area (TPSA) is 98.1 Å². The number of anilines is 1. The van der Waals surface area contributed by atoms with Crippen LogP contribution in [0.3, 0.4) is 0 Å². The van der Waals surface area contributed by atoms with E-state index < -0.39 is 0 Å². The summed E-state index contributed by atoms with van der Waals surface area (Å²) >= 11 is 1.45. The third-order valence-corrected chi connectivity index (χ3v) is 5.42. The van der Waals surface area contributed by atoms with Crippen molar-refractivity contribution in [2.45, 2.75) is 30.6 Å². The molecule has 0 unspecified atom stereocenters. The average Bonchev–Trinajstić information content (AvgIpc) is 3.46. The highest BCUT2D eigenvalue weighted by atomic mass is 32.2. The van der Waals surface area contributed by atoms with Gasteiger partial charge in [0.2, 0.25) is 5.16 Å². The Bertz CT molecular complexity index is 976. The Hall–Kier alpha value is -2.98. The highest BCUT2D eigenvalue weighted by molar-refractivity contribution is 7.98.